The molecule has 4 rings (SSSR count). The van der Waals surface area contributed by atoms with Crippen LogP contribution in [0.15, 0.2) is 59.0 Å². The maximum atomic E-state index is 13.2. The first-order valence-electron chi connectivity index (χ1n) is 7.49. The van der Waals surface area contributed by atoms with E-state index in [4.69, 9.17) is 0 Å². The first-order valence-corrected chi connectivity index (χ1v) is 8.47. The zero-order valence-corrected chi connectivity index (χ0v) is 13.8. The lowest BCUT2D eigenvalue weighted by molar-refractivity contribution is -0.720. The smallest absolute Gasteiger partial charge is 0.350 e. The van der Waals surface area contributed by atoms with Crippen molar-refractivity contribution < 1.29 is 9.67 Å². The molecule has 1 N–H and O–H groups in total. The highest BCUT2D eigenvalue weighted by molar-refractivity contribution is 7.99. The lowest BCUT2D eigenvalue weighted by atomic mass is 10.1. The molecule has 6 nitrogen and oxygen atoms in total. The van der Waals surface area contributed by atoms with Gasteiger partial charge in [-0.2, -0.15) is 9.13 Å². The number of benzene rings is 1. The maximum absolute atomic E-state index is 13.2. The van der Waals surface area contributed by atoms with Crippen molar-refractivity contribution in [3.05, 3.63) is 65.0 Å². The molecule has 0 aliphatic carbocycles. The summed E-state index contributed by atoms with van der Waals surface area (Å²) in [7, 11) is 1.77. The Bertz CT molecular complexity index is 958. The normalized spacial score (nSPS) is 16.1. The second-order valence-corrected chi connectivity index (χ2v) is 6.57. The van der Waals surface area contributed by atoms with Gasteiger partial charge in [0.1, 0.15) is 12.4 Å². The molecule has 1 aliphatic heterocycles. The predicted molar refractivity (Wildman–Crippen MR) is 89.9 cm³/mol. The van der Waals surface area contributed by atoms with E-state index in [1.165, 1.54) is 6.33 Å². The van der Waals surface area contributed by atoms with E-state index < -0.39 is 0 Å². The van der Waals surface area contributed by atoms with Crippen LogP contribution in [-0.4, -0.2) is 25.4 Å². The molecule has 3 heterocycles. The molecule has 0 fully saturated rings. The summed E-state index contributed by atoms with van der Waals surface area (Å²) in [6, 6.07) is 9.09. The van der Waals surface area contributed by atoms with E-state index in [0.717, 1.165) is 10.7 Å². The number of hydrogen-bond acceptors (Lipinski definition) is 5. The van der Waals surface area contributed by atoms with Crippen LogP contribution in [0.4, 0.5) is 0 Å². The van der Waals surface area contributed by atoms with Gasteiger partial charge in [0, 0.05) is 18.0 Å². The molecule has 120 valence electrons. The van der Waals surface area contributed by atoms with E-state index in [0.29, 0.717) is 16.9 Å². The van der Waals surface area contributed by atoms with Gasteiger partial charge in [-0.05, 0) is 17.3 Å². The van der Waals surface area contributed by atoms with Crippen molar-refractivity contribution in [3.63, 3.8) is 0 Å². The van der Waals surface area contributed by atoms with E-state index in [9.17, 15) is 9.90 Å². The fourth-order valence-electron chi connectivity index (χ4n) is 2.98. The zero-order valence-electron chi connectivity index (χ0n) is 13.0. The van der Waals surface area contributed by atoms with Crippen LogP contribution in [0.25, 0.3) is 11.1 Å². The Morgan fingerprint density at radius 2 is 1.96 bits per heavy atom. The summed E-state index contributed by atoms with van der Waals surface area (Å²) in [6.45, 7) is 0. The summed E-state index contributed by atoms with van der Waals surface area (Å²) >= 11 is 1.54. The molecular formula is C17H15N4O2S+. The Labute approximate surface area is 142 Å². The van der Waals surface area contributed by atoms with Gasteiger partial charge in [0.15, 0.2) is 5.56 Å². The van der Waals surface area contributed by atoms with Gasteiger partial charge in [-0.15, -0.1) is 0 Å². The summed E-state index contributed by atoms with van der Waals surface area (Å²) in [6.07, 6.45) is 4.94. The molecule has 7 heteroatoms. The molecule has 1 aliphatic rings. The molecule has 0 spiro atoms. The van der Waals surface area contributed by atoms with E-state index >= 15 is 0 Å². The van der Waals surface area contributed by atoms with Crippen molar-refractivity contribution in [2.75, 3.05) is 5.75 Å². The highest BCUT2D eigenvalue weighted by atomic mass is 32.2. The molecule has 1 aromatic carbocycles. The van der Waals surface area contributed by atoms with Gasteiger partial charge >= 0.3 is 10.7 Å². The Morgan fingerprint density at radius 1 is 1.25 bits per heavy atom. The quantitative estimate of drug-likeness (QED) is 0.566. The van der Waals surface area contributed by atoms with E-state index in [1.54, 1.807) is 40.3 Å². The fraction of sp³-hybridized carbons (Fsp3) is 0.176. The van der Waals surface area contributed by atoms with Crippen molar-refractivity contribution in [1.82, 2.24) is 14.5 Å². The van der Waals surface area contributed by atoms with Crippen molar-refractivity contribution >= 4 is 11.8 Å². The lowest BCUT2D eigenvalue weighted by Crippen LogP contribution is -2.41. The van der Waals surface area contributed by atoms with Gasteiger partial charge in [0.05, 0.1) is 12.8 Å². The molecule has 3 aromatic rings. The summed E-state index contributed by atoms with van der Waals surface area (Å²) in [5.41, 5.74) is 1.69. The van der Waals surface area contributed by atoms with Crippen LogP contribution in [0.1, 0.15) is 11.6 Å². The molecule has 24 heavy (non-hydrogen) atoms. The van der Waals surface area contributed by atoms with Crippen molar-refractivity contribution in [2.45, 2.75) is 11.2 Å². The number of fused-ring (bicyclic) bond motifs is 1. The van der Waals surface area contributed by atoms with Crippen LogP contribution in [0, 0.1) is 0 Å². The minimum atomic E-state index is -0.203. The first-order chi connectivity index (χ1) is 11.7. The Balaban J connectivity index is 1.98. The third-order valence-electron chi connectivity index (χ3n) is 4.18. The van der Waals surface area contributed by atoms with Crippen LogP contribution >= 0.6 is 11.8 Å². The summed E-state index contributed by atoms with van der Waals surface area (Å²) in [5.74, 6) is 0.684. The zero-order chi connectivity index (χ0) is 16.7. The third-order valence-corrected chi connectivity index (χ3v) is 5.39. The van der Waals surface area contributed by atoms with Crippen LogP contribution in [0.5, 0.6) is 5.88 Å². The molecule has 0 bridgehead atoms. The number of thioether (sulfide) groups is 1. The molecule has 0 saturated heterocycles. The monoisotopic (exact) mass is 339 g/mol. The second kappa shape index (κ2) is 5.76. The minimum Gasteiger partial charge on any atom is -0.477 e. The number of hydrogen-bond donors (Lipinski definition) is 1. The summed E-state index contributed by atoms with van der Waals surface area (Å²) < 4.78 is 3.39. The molecule has 1 atom stereocenters. The van der Waals surface area contributed by atoms with Gasteiger partial charge in [-0.3, -0.25) is 0 Å². The number of aromatic nitrogens is 4. The van der Waals surface area contributed by atoms with Gasteiger partial charge in [0.2, 0.25) is 0 Å². The van der Waals surface area contributed by atoms with Crippen LogP contribution in [0.2, 0.25) is 0 Å². The lowest BCUT2D eigenvalue weighted by Gasteiger charge is -2.11. The van der Waals surface area contributed by atoms with Crippen molar-refractivity contribution in [2.24, 2.45) is 7.05 Å². The minimum absolute atomic E-state index is 0.0186. The molecule has 2 aromatic heterocycles. The largest absolute Gasteiger partial charge is 0.477 e. The summed E-state index contributed by atoms with van der Waals surface area (Å²) in [5, 5.41) is 11.3. The Morgan fingerprint density at radius 3 is 2.67 bits per heavy atom. The molecule has 1 unspecified atom stereocenters. The molecule has 0 saturated carbocycles. The average Bonchev–Trinajstić information content (AvgIpc) is 3.07. The van der Waals surface area contributed by atoms with E-state index in [-0.39, 0.29) is 17.5 Å². The number of rotatable bonds is 2. The maximum Gasteiger partial charge on any atom is 0.350 e. The van der Waals surface area contributed by atoms with E-state index in [1.807, 2.05) is 30.3 Å². The van der Waals surface area contributed by atoms with Gasteiger partial charge in [-0.1, -0.05) is 30.3 Å². The van der Waals surface area contributed by atoms with Crippen LogP contribution in [0.3, 0.4) is 0 Å². The van der Waals surface area contributed by atoms with Crippen molar-refractivity contribution in [3.8, 4) is 17.0 Å². The van der Waals surface area contributed by atoms with Gasteiger partial charge < -0.3 is 5.11 Å². The standard InChI is InChI=1S/C17H14N4O2S/c1-20-15(22)14(11-5-3-2-4-6-11)16(23)21-13(9-24-17(20)21)12-7-18-10-19-8-12/h2-8,10,13H,9H2,1H3/p+1. The second-order valence-electron chi connectivity index (χ2n) is 5.58. The highest BCUT2D eigenvalue weighted by Gasteiger charge is 2.38. The summed E-state index contributed by atoms with van der Waals surface area (Å²) in [4.78, 5) is 21.3. The Kier molecular flexibility index (Phi) is 3.57. The first kappa shape index (κ1) is 14.9. The van der Waals surface area contributed by atoms with Crippen LogP contribution < -0.4 is 10.1 Å². The van der Waals surface area contributed by atoms with Gasteiger partial charge in [0.25, 0.3) is 5.88 Å². The van der Waals surface area contributed by atoms with Gasteiger partial charge in [-0.25, -0.2) is 14.8 Å². The topological polar surface area (TPSA) is 71.9 Å². The third kappa shape index (κ3) is 2.20. The average molecular weight is 339 g/mol. The fourth-order valence-corrected chi connectivity index (χ4v) is 4.26. The Hall–Kier alpha value is -2.67. The molecular weight excluding hydrogens is 324 g/mol. The predicted octanol–water partition coefficient (Wildman–Crippen LogP) is 1.53. The molecule has 0 radical (unpaired) electrons. The van der Waals surface area contributed by atoms with Crippen LogP contribution in [-0.2, 0) is 7.05 Å². The number of nitrogens with zero attached hydrogens (tertiary/aromatic N) is 4. The van der Waals surface area contributed by atoms with E-state index in [2.05, 4.69) is 9.97 Å². The SMILES string of the molecule is C[n+]1c(O)c(-c2ccccc2)c(=O)n2c1SCC2c1cncnc1. The molecule has 0 amide bonds. The number of aromatic hydroxyl groups is 1. The highest BCUT2D eigenvalue weighted by Crippen LogP contribution is 2.35. The van der Waals surface area contributed by atoms with Crippen molar-refractivity contribution in [1.29, 1.82) is 0 Å².